The van der Waals surface area contributed by atoms with Crippen molar-refractivity contribution in [1.82, 2.24) is 10.2 Å². The minimum atomic E-state index is -0.347. The lowest BCUT2D eigenvalue weighted by Gasteiger charge is -2.26. The van der Waals surface area contributed by atoms with Crippen LogP contribution in [0.1, 0.15) is 45.4 Å². The van der Waals surface area contributed by atoms with Gasteiger partial charge in [0, 0.05) is 11.7 Å². The number of rotatable bonds is 7. The Morgan fingerprint density at radius 3 is 2.35 bits per heavy atom. The van der Waals surface area contributed by atoms with E-state index in [0.717, 1.165) is 18.6 Å². The fourth-order valence-corrected chi connectivity index (χ4v) is 3.18. The highest BCUT2D eigenvalue weighted by Gasteiger charge is 2.23. The highest BCUT2D eigenvalue weighted by atomic mass is 16.5. The predicted molar refractivity (Wildman–Crippen MR) is 103 cm³/mol. The molecule has 2 amide bonds. The normalized spacial score (nSPS) is 16.6. The van der Waals surface area contributed by atoms with Crippen LogP contribution in [0.3, 0.4) is 0 Å². The molecule has 0 heterocycles. The number of methoxy groups -OCH3 is 1. The topological polar surface area (TPSA) is 70.7 Å². The van der Waals surface area contributed by atoms with Crippen molar-refractivity contribution in [2.75, 3.05) is 26.0 Å². The molecule has 1 aliphatic rings. The Hall–Kier alpha value is -2.08. The molecule has 0 bridgehead atoms. The van der Waals surface area contributed by atoms with Crippen LogP contribution in [-0.2, 0) is 9.59 Å². The summed E-state index contributed by atoms with van der Waals surface area (Å²) in [7, 11) is 3.40. The molecule has 2 N–H and O–H groups in total. The zero-order chi connectivity index (χ0) is 18.9. The van der Waals surface area contributed by atoms with Gasteiger partial charge in [-0.3, -0.25) is 14.5 Å². The average molecular weight is 361 g/mol. The van der Waals surface area contributed by atoms with Crippen molar-refractivity contribution >= 4 is 17.5 Å². The number of likely N-dealkylation sites (N-methyl/N-ethyl adjacent to an activating group) is 1. The average Bonchev–Trinajstić information content (AvgIpc) is 2.90. The lowest BCUT2D eigenvalue weighted by Crippen LogP contribution is -2.48. The Kier molecular flexibility index (Phi) is 7.91. The molecule has 1 saturated carbocycles. The summed E-state index contributed by atoms with van der Waals surface area (Å²) in [4.78, 5) is 26.5. The second-order valence-corrected chi connectivity index (χ2v) is 7.06. The van der Waals surface area contributed by atoms with Crippen molar-refractivity contribution in [1.29, 1.82) is 0 Å². The Bertz CT molecular complexity index is 580. The van der Waals surface area contributed by atoms with E-state index in [1.165, 1.54) is 25.7 Å². The Morgan fingerprint density at radius 2 is 1.77 bits per heavy atom. The van der Waals surface area contributed by atoms with E-state index in [1.807, 2.05) is 6.92 Å². The van der Waals surface area contributed by atoms with E-state index >= 15 is 0 Å². The van der Waals surface area contributed by atoms with Gasteiger partial charge in [-0.15, -0.1) is 0 Å². The van der Waals surface area contributed by atoms with E-state index < -0.39 is 0 Å². The summed E-state index contributed by atoms with van der Waals surface area (Å²) in [5, 5.41) is 5.99. The lowest BCUT2D eigenvalue weighted by molar-refractivity contribution is -0.127. The van der Waals surface area contributed by atoms with Gasteiger partial charge >= 0.3 is 0 Å². The van der Waals surface area contributed by atoms with Crippen LogP contribution in [0.2, 0.25) is 0 Å². The van der Waals surface area contributed by atoms with Gasteiger partial charge in [0.05, 0.1) is 19.7 Å². The summed E-state index contributed by atoms with van der Waals surface area (Å²) in [6, 6.07) is 7.09. The maximum absolute atomic E-state index is 12.5. The van der Waals surface area contributed by atoms with Crippen LogP contribution in [0, 0.1) is 0 Å². The van der Waals surface area contributed by atoms with Gasteiger partial charge in [0.1, 0.15) is 5.75 Å². The molecule has 0 radical (unpaired) electrons. The summed E-state index contributed by atoms with van der Waals surface area (Å²) in [6.07, 6.45) is 6.99. The van der Waals surface area contributed by atoms with Gasteiger partial charge in [-0.05, 0) is 51.1 Å². The maximum Gasteiger partial charge on any atom is 0.238 e. The van der Waals surface area contributed by atoms with Gasteiger partial charge < -0.3 is 15.4 Å². The molecule has 1 aromatic carbocycles. The van der Waals surface area contributed by atoms with Crippen molar-refractivity contribution in [3.05, 3.63) is 24.3 Å². The number of carbonyl (C=O) groups is 2. The molecule has 0 saturated heterocycles. The quantitative estimate of drug-likeness (QED) is 0.733. The Morgan fingerprint density at radius 1 is 1.15 bits per heavy atom. The maximum atomic E-state index is 12.5. The first kappa shape index (κ1) is 20.2. The van der Waals surface area contributed by atoms with E-state index in [4.69, 9.17) is 4.74 Å². The molecular formula is C20H31N3O3. The number of benzene rings is 1. The van der Waals surface area contributed by atoms with Gasteiger partial charge in [0.25, 0.3) is 0 Å². The standard InChI is InChI=1S/C20H31N3O3/c1-15(20(25)22-16-8-6-4-5-7-9-16)23(2)14-19(24)21-17-10-12-18(26-3)13-11-17/h10-13,15-16H,4-9,14H2,1-3H3,(H,21,24)(H,22,25). The number of amides is 2. The summed E-state index contributed by atoms with van der Waals surface area (Å²) in [5.74, 6) is 0.590. The van der Waals surface area contributed by atoms with Gasteiger partial charge in [0.15, 0.2) is 0 Å². The van der Waals surface area contributed by atoms with Crippen molar-refractivity contribution in [3.63, 3.8) is 0 Å². The van der Waals surface area contributed by atoms with Crippen LogP contribution < -0.4 is 15.4 Å². The first-order valence-electron chi connectivity index (χ1n) is 9.44. The summed E-state index contributed by atoms with van der Waals surface area (Å²) < 4.78 is 5.10. The molecule has 1 atom stereocenters. The first-order valence-corrected chi connectivity index (χ1v) is 9.44. The van der Waals surface area contributed by atoms with Crippen molar-refractivity contribution in [2.24, 2.45) is 0 Å². The number of anilines is 1. The van der Waals surface area contributed by atoms with Crippen molar-refractivity contribution in [3.8, 4) is 5.75 Å². The second kappa shape index (κ2) is 10.2. The smallest absolute Gasteiger partial charge is 0.238 e. The molecule has 1 unspecified atom stereocenters. The molecular weight excluding hydrogens is 330 g/mol. The number of ether oxygens (including phenoxy) is 1. The number of hydrogen-bond donors (Lipinski definition) is 2. The zero-order valence-corrected chi connectivity index (χ0v) is 16.1. The third-order valence-corrected chi connectivity index (χ3v) is 5.01. The number of carbonyl (C=O) groups excluding carboxylic acids is 2. The van der Waals surface area contributed by atoms with Crippen LogP contribution >= 0.6 is 0 Å². The van der Waals surface area contributed by atoms with E-state index in [1.54, 1.807) is 43.3 Å². The molecule has 0 spiro atoms. The fraction of sp³-hybridized carbons (Fsp3) is 0.600. The van der Waals surface area contributed by atoms with E-state index in [9.17, 15) is 9.59 Å². The first-order chi connectivity index (χ1) is 12.5. The molecule has 6 nitrogen and oxygen atoms in total. The summed E-state index contributed by atoms with van der Waals surface area (Å²) in [6.45, 7) is 2.00. The van der Waals surface area contributed by atoms with Gasteiger partial charge in [-0.25, -0.2) is 0 Å². The zero-order valence-electron chi connectivity index (χ0n) is 16.1. The molecule has 6 heteroatoms. The lowest BCUT2D eigenvalue weighted by atomic mass is 10.1. The summed E-state index contributed by atoms with van der Waals surface area (Å²) >= 11 is 0. The van der Waals surface area contributed by atoms with Gasteiger partial charge in [-0.1, -0.05) is 25.7 Å². The van der Waals surface area contributed by atoms with Gasteiger partial charge in [-0.2, -0.15) is 0 Å². The highest BCUT2D eigenvalue weighted by molar-refractivity contribution is 5.92. The molecule has 1 fully saturated rings. The van der Waals surface area contributed by atoms with E-state index in [-0.39, 0.29) is 30.4 Å². The molecule has 1 aliphatic carbocycles. The minimum absolute atomic E-state index is 0.00310. The molecule has 2 rings (SSSR count). The predicted octanol–water partition coefficient (Wildman–Crippen LogP) is 2.79. The number of hydrogen-bond acceptors (Lipinski definition) is 4. The van der Waals surface area contributed by atoms with Crippen molar-refractivity contribution < 1.29 is 14.3 Å². The Balaban J connectivity index is 1.79. The van der Waals surface area contributed by atoms with Crippen molar-refractivity contribution in [2.45, 2.75) is 57.5 Å². The SMILES string of the molecule is COc1ccc(NC(=O)CN(C)C(C)C(=O)NC2CCCCCC2)cc1. The van der Waals surface area contributed by atoms with Gasteiger partial charge in [0.2, 0.25) is 11.8 Å². The third kappa shape index (κ3) is 6.33. The van der Waals surface area contributed by atoms with E-state index in [2.05, 4.69) is 10.6 Å². The van der Waals surface area contributed by atoms with Crippen LogP contribution in [-0.4, -0.2) is 49.5 Å². The largest absolute Gasteiger partial charge is 0.497 e. The minimum Gasteiger partial charge on any atom is -0.497 e. The van der Waals surface area contributed by atoms with E-state index in [0.29, 0.717) is 5.69 Å². The monoisotopic (exact) mass is 361 g/mol. The van der Waals surface area contributed by atoms with Crippen LogP contribution in [0.15, 0.2) is 24.3 Å². The Labute approximate surface area is 156 Å². The molecule has 26 heavy (non-hydrogen) atoms. The molecule has 1 aromatic rings. The molecule has 144 valence electrons. The van der Waals surface area contributed by atoms with Crippen LogP contribution in [0.25, 0.3) is 0 Å². The highest BCUT2D eigenvalue weighted by Crippen LogP contribution is 2.18. The number of nitrogens with zero attached hydrogens (tertiary/aromatic N) is 1. The molecule has 0 aromatic heterocycles. The van der Waals surface area contributed by atoms with Crippen LogP contribution in [0.5, 0.6) is 5.75 Å². The summed E-state index contributed by atoms with van der Waals surface area (Å²) in [5.41, 5.74) is 0.708. The fourth-order valence-electron chi connectivity index (χ4n) is 3.18. The third-order valence-electron chi connectivity index (χ3n) is 5.01. The number of nitrogens with one attached hydrogen (secondary N) is 2. The second-order valence-electron chi connectivity index (χ2n) is 7.06. The molecule has 0 aliphatic heterocycles. The van der Waals surface area contributed by atoms with Crippen LogP contribution in [0.4, 0.5) is 5.69 Å².